The van der Waals surface area contributed by atoms with Crippen LogP contribution in [0.3, 0.4) is 0 Å². The summed E-state index contributed by atoms with van der Waals surface area (Å²) in [4.78, 5) is 33.7. The van der Waals surface area contributed by atoms with Gasteiger partial charge in [-0.15, -0.1) is 0 Å². The maximum atomic E-state index is 13.7. The van der Waals surface area contributed by atoms with Crippen molar-refractivity contribution in [1.82, 2.24) is 19.9 Å². The number of H-pyrrole nitrogens is 3. The molecule has 0 aliphatic carbocycles. The normalized spacial score (nSPS) is 11.1. The van der Waals surface area contributed by atoms with Crippen molar-refractivity contribution in [2.24, 2.45) is 0 Å². The van der Waals surface area contributed by atoms with Gasteiger partial charge in [0.25, 0.3) is 5.56 Å². The van der Waals surface area contributed by atoms with Crippen molar-refractivity contribution in [2.45, 2.75) is 0 Å². The summed E-state index contributed by atoms with van der Waals surface area (Å²) in [5.41, 5.74) is -1.07. The summed E-state index contributed by atoms with van der Waals surface area (Å²) in [6, 6.07) is 3.97. The van der Waals surface area contributed by atoms with Crippen LogP contribution < -0.4 is 11.2 Å². The third-order valence-corrected chi connectivity index (χ3v) is 2.81. The average molecular weight is 281 g/mol. The van der Waals surface area contributed by atoms with Gasteiger partial charge in [-0.2, -0.15) is 0 Å². The number of aromatic amines is 3. The first kappa shape index (κ1) is 11.7. The fourth-order valence-corrected chi connectivity index (χ4v) is 1.91. The van der Waals surface area contributed by atoms with E-state index in [9.17, 15) is 14.0 Å². The summed E-state index contributed by atoms with van der Waals surface area (Å²) in [6.07, 6.45) is 0. The van der Waals surface area contributed by atoms with Crippen molar-refractivity contribution in [3.63, 3.8) is 0 Å². The molecule has 0 saturated carbocycles. The van der Waals surface area contributed by atoms with E-state index in [0.717, 1.165) is 0 Å². The van der Waals surface area contributed by atoms with E-state index >= 15 is 0 Å². The molecule has 0 amide bonds. The smallest absolute Gasteiger partial charge is 0.327 e. The Balaban J connectivity index is 2.32. The van der Waals surface area contributed by atoms with Gasteiger partial charge in [0.05, 0.1) is 5.56 Å². The van der Waals surface area contributed by atoms with Gasteiger partial charge in [-0.3, -0.25) is 14.8 Å². The van der Waals surface area contributed by atoms with Crippen LogP contribution in [0.4, 0.5) is 4.39 Å². The van der Waals surface area contributed by atoms with Crippen LogP contribution in [-0.2, 0) is 0 Å². The molecule has 0 spiro atoms. The second-order valence-electron chi connectivity index (χ2n) is 3.84. The van der Waals surface area contributed by atoms with Gasteiger partial charge in [-0.25, -0.2) is 14.2 Å². The molecular formula is C11H6ClFN4O2. The molecule has 0 fully saturated rings. The zero-order valence-corrected chi connectivity index (χ0v) is 10.0. The van der Waals surface area contributed by atoms with Crippen molar-refractivity contribution >= 4 is 22.8 Å². The minimum absolute atomic E-state index is 0.0584. The zero-order valence-electron chi connectivity index (χ0n) is 9.25. The SMILES string of the molecule is O=c1[nH]c(=O)c2[nH]c(-c3cc(Cl)ccc3F)nc2[nH]1. The molecule has 0 aliphatic heterocycles. The molecule has 0 bridgehead atoms. The van der Waals surface area contributed by atoms with Crippen molar-refractivity contribution in [2.75, 3.05) is 0 Å². The maximum absolute atomic E-state index is 13.7. The van der Waals surface area contributed by atoms with E-state index in [1.165, 1.54) is 18.2 Å². The van der Waals surface area contributed by atoms with Gasteiger partial charge < -0.3 is 4.98 Å². The number of nitrogens with one attached hydrogen (secondary N) is 3. The molecule has 3 rings (SSSR count). The van der Waals surface area contributed by atoms with Gasteiger partial charge in [0.15, 0.2) is 5.65 Å². The number of benzene rings is 1. The summed E-state index contributed by atoms with van der Waals surface area (Å²) in [6.45, 7) is 0. The number of imidazole rings is 1. The van der Waals surface area contributed by atoms with Crippen LogP contribution in [0.1, 0.15) is 0 Å². The van der Waals surface area contributed by atoms with E-state index < -0.39 is 17.1 Å². The Morgan fingerprint density at radius 2 is 1.95 bits per heavy atom. The molecule has 0 radical (unpaired) electrons. The van der Waals surface area contributed by atoms with Crippen LogP contribution in [0.5, 0.6) is 0 Å². The number of nitrogens with zero attached hydrogens (tertiary/aromatic N) is 1. The number of aromatic nitrogens is 4. The fourth-order valence-electron chi connectivity index (χ4n) is 1.74. The highest BCUT2D eigenvalue weighted by molar-refractivity contribution is 6.30. The summed E-state index contributed by atoms with van der Waals surface area (Å²) in [7, 11) is 0. The minimum Gasteiger partial charge on any atom is -0.332 e. The Bertz CT molecular complexity index is 896. The van der Waals surface area contributed by atoms with Crippen molar-refractivity contribution in [3.8, 4) is 11.4 Å². The number of rotatable bonds is 1. The lowest BCUT2D eigenvalue weighted by Crippen LogP contribution is -2.21. The monoisotopic (exact) mass is 280 g/mol. The zero-order chi connectivity index (χ0) is 13.6. The molecule has 2 aromatic heterocycles. The Morgan fingerprint density at radius 1 is 1.16 bits per heavy atom. The molecule has 0 aliphatic rings. The van der Waals surface area contributed by atoms with Crippen molar-refractivity contribution in [1.29, 1.82) is 0 Å². The third kappa shape index (κ3) is 1.93. The average Bonchev–Trinajstić information content (AvgIpc) is 2.76. The van der Waals surface area contributed by atoms with Crippen LogP contribution in [0.2, 0.25) is 5.02 Å². The Labute approximate surface area is 109 Å². The van der Waals surface area contributed by atoms with Gasteiger partial charge in [-0.1, -0.05) is 11.6 Å². The second-order valence-corrected chi connectivity index (χ2v) is 4.28. The predicted molar refractivity (Wildman–Crippen MR) is 67.7 cm³/mol. The van der Waals surface area contributed by atoms with Gasteiger partial charge in [0.1, 0.15) is 17.2 Å². The lowest BCUT2D eigenvalue weighted by atomic mass is 10.2. The molecule has 2 heterocycles. The molecular weight excluding hydrogens is 275 g/mol. The molecule has 0 unspecified atom stereocenters. The van der Waals surface area contributed by atoms with Crippen LogP contribution >= 0.6 is 11.6 Å². The largest absolute Gasteiger partial charge is 0.332 e. The quantitative estimate of drug-likeness (QED) is 0.629. The first-order chi connectivity index (χ1) is 9.04. The van der Waals surface area contributed by atoms with E-state index in [-0.39, 0.29) is 22.6 Å². The van der Waals surface area contributed by atoms with Gasteiger partial charge >= 0.3 is 5.69 Å². The molecule has 6 nitrogen and oxygen atoms in total. The number of hydrogen-bond acceptors (Lipinski definition) is 3. The van der Waals surface area contributed by atoms with E-state index in [1.54, 1.807) is 0 Å². The molecule has 0 saturated heterocycles. The van der Waals surface area contributed by atoms with E-state index in [1.807, 2.05) is 4.98 Å². The van der Waals surface area contributed by atoms with Gasteiger partial charge in [-0.05, 0) is 18.2 Å². The summed E-state index contributed by atoms with van der Waals surface area (Å²) >= 11 is 5.79. The van der Waals surface area contributed by atoms with E-state index in [0.29, 0.717) is 5.02 Å². The Morgan fingerprint density at radius 3 is 2.74 bits per heavy atom. The summed E-state index contributed by atoms with van der Waals surface area (Å²) in [5, 5.41) is 0.333. The molecule has 3 N–H and O–H groups in total. The van der Waals surface area contributed by atoms with Gasteiger partial charge in [0.2, 0.25) is 0 Å². The predicted octanol–water partition coefficient (Wildman–Crippen LogP) is 1.40. The topological polar surface area (TPSA) is 94.4 Å². The summed E-state index contributed by atoms with van der Waals surface area (Å²) in [5.74, 6) is -0.426. The van der Waals surface area contributed by atoms with Crippen LogP contribution in [0.25, 0.3) is 22.6 Å². The fraction of sp³-hybridized carbons (Fsp3) is 0. The highest BCUT2D eigenvalue weighted by Gasteiger charge is 2.13. The lowest BCUT2D eigenvalue weighted by molar-refractivity contribution is 0.630. The molecule has 1 aromatic carbocycles. The number of fused-ring (bicyclic) bond motifs is 1. The highest BCUT2D eigenvalue weighted by Crippen LogP contribution is 2.24. The van der Waals surface area contributed by atoms with E-state index in [2.05, 4.69) is 15.0 Å². The van der Waals surface area contributed by atoms with E-state index in [4.69, 9.17) is 11.6 Å². The molecule has 8 heteroatoms. The second kappa shape index (κ2) is 4.06. The van der Waals surface area contributed by atoms with Crippen LogP contribution in [0, 0.1) is 5.82 Å². The first-order valence-electron chi connectivity index (χ1n) is 5.22. The van der Waals surface area contributed by atoms with Crippen molar-refractivity contribution < 1.29 is 4.39 Å². The van der Waals surface area contributed by atoms with Crippen LogP contribution in [-0.4, -0.2) is 19.9 Å². The minimum atomic E-state index is -0.679. The Hall–Kier alpha value is -2.41. The van der Waals surface area contributed by atoms with Crippen molar-refractivity contribution in [3.05, 3.63) is 49.9 Å². The van der Waals surface area contributed by atoms with Gasteiger partial charge in [0, 0.05) is 5.02 Å². The standard InChI is InChI=1S/C11H6ClFN4O2/c12-4-1-2-6(13)5(3-4)8-14-7-9(15-8)16-11(19)17-10(7)18/h1-3H,(H3,14,15,16,17,18,19). The lowest BCUT2D eigenvalue weighted by Gasteiger charge is -1.99. The molecule has 19 heavy (non-hydrogen) atoms. The third-order valence-electron chi connectivity index (χ3n) is 2.57. The molecule has 0 atom stereocenters. The number of hydrogen-bond donors (Lipinski definition) is 3. The Kier molecular flexibility index (Phi) is 2.49. The van der Waals surface area contributed by atoms with Crippen LogP contribution in [0.15, 0.2) is 27.8 Å². The number of halogens is 2. The summed E-state index contributed by atoms with van der Waals surface area (Å²) < 4.78 is 13.7. The molecule has 96 valence electrons. The maximum Gasteiger partial charge on any atom is 0.327 e. The first-order valence-corrected chi connectivity index (χ1v) is 5.60. The highest BCUT2D eigenvalue weighted by atomic mass is 35.5. The molecule has 3 aromatic rings.